The predicted molar refractivity (Wildman–Crippen MR) is 96.0 cm³/mol. The van der Waals surface area contributed by atoms with Crippen LogP contribution in [0.25, 0.3) is 0 Å². The van der Waals surface area contributed by atoms with E-state index in [2.05, 4.69) is 79.0 Å². The topological polar surface area (TPSA) is 15.3 Å². The van der Waals surface area contributed by atoms with E-state index in [0.717, 1.165) is 17.6 Å². The third kappa shape index (κ3) is 5.00. The standard InChI is InChI=1S/C18H29BrN2/c1-17(2,3)20-12-14-11-15(19)7-8-16(14)21-10-6-9-18(4,5)13-21/h7-8,11,20H,6,9-10,12-13H2,1-5H3. The number of nitrogens with zero attached hydrogens (tertiary/aromatic N) is 1. The van der Waals surface area contributed by atoms with Crippen molar-refractivity contribution in [2.75, 3.05) is 18.0 Å². The molecule has 1 aliphatic rings. The van der Waals surface area contributed by atoms with Gasteiger partial charge in [0.15, 0.2) is 0 Å². The molecular weight excluding hydrogens is 324 g/mol. The second-order valence-corrected chi connectivity index (χ2v) is 8.98. The molecule has 0 aromatic heterocycles. The number of hydrogen-bond acceptors (Lipinski definition) is 2. The molecule has 2 rings (SSSR count). The monoisotopic (exact) mass is 352 g/mol. The third-order valence-corrected chi connectivity index (χ3v) is 4.59. The Morgan fingerprint density at radius 3 is 2.62 bits per heavy atom. The number of nitrogens with one attached hydrogen (secondary N) is 1. The number of halogens is 1. The quantitative estimate of drug-likeness (QED) is 0.826. The summed E-state index contributed by atoms with van der Waals surface area (Å²) in [4.78, 5) is 2.57. The van der Waals surface area contributed by atoms with E-state index < -0.39 is 0 Å². The van der Waals surface area contributed by atoms with Gasteiger partial charge in [0.2, 0.25) is 0 Å². The van der Waals surface area contributed by atoms with Crippen LogP contribution in [0.4, 0.5) is 5.69 Å². The zero-order valence-electron chi connectivity index (χ0n) is 14.1. The fourth-order valence-electron chi connectivity index (χ4n) is 2.99. The van der Waals surface area contributed by atoms with Crippen molar-refractivity contribution in [3.8, 4) is 0 Å². The molecule has 1 aromatic rings. The molecule has 0 radical (unpaired) electrons. The maximum absolute atomic E-state index is 3.62. The van der Waals surface area contributed by atoms with Gasteiger partial charge in [-0.2, -0.15) is 0 Å². The first-order valence-electron chi connectivity index (χ1n) is 7.95. The molecule has 0 atom stereocenters. The highest BCUT2D eigenvalue weighted by molar-refractivity contribution is 9.10. The molecule has 118 valence electrons. The highest BCUT2D eigenvalue weighted by Gasteiger charge is 2.27. The van der Waals surface area contributed by atoms with Crippen molar-refractivity contribution in [2.45, 2.75) is 59.5 Å². The molecule has 0 bridgehead atoms. The van der Waals surface area contributed by atoms with Crippen molar-refractivity contribution < 1.29 is 0 Å². The van der Waals surface area contributed by atoms with E-state index in [9.17, 15) is 0 Å². The molecule has 0 spiro atoms. The van der Waals surface area contributed by atoms with Crippen LogP contribution in [0.2, 0.25) is 0 Å². The molecule has 1 saturated heterocycles. The fraction of sp³-hybridized carbons (Fsp3) is 0.667. The van der Waals surface area contributed by atoms with Crippen molar-refractivity contribution in [3.05, 3.63) is 28.2 Å². The van der Waals surface area contributed by atoms with Crippen LogP contribution in [0.15, 0.2) is 22.7 Å². The zero-order valence-corrected chi connectivity index (χ0v) is 15.7. The Labute approximate surface area is 138 Å². The second-order valence-electron chi connectivity index (χ2n) is 8.07. The minimum atomic E-state index is 0.140. The molecule has 1 heterocycles. The summed E-state index contributed by atoms with van der Waals surface area (Å²) >= 11 is 3.62. The van der Waals surface area contributed by atoms with E-state index in [4.69, 9.17) is 0 Å². The van der Waals surface area contributed by atoms with Crippen LogP contribution in [-0.4, -0.2) is 18.6 Å². The SMILES string of the molecule is CC1(C)CCCN(c2ccc(Br)cc2CNC(C)(C)C)C1. The van der Waals surface area contributed by atoms with Crippen molar-refractivity contribution >= 4 is 21.6 Å². The largest absolute Gasteiger partial charge is 0.371 e. The Kier molecular flexibility index (Phi) is 5.04. The van der Waals surface area contributed by atoms with E-state index in [1.54, 1.807) is 0 Å². The number of rotatable bonds is 3. The molecular formula is C18H29BrN2. The molecule has 0 saturated carbocycles. The van der Waals surface area contributed by atoms with Gasteiger partial charge < -0.3 is 10.2 Å². The van der Waals surface area contributed by atoms with Gasteiger partial charge in [-0.1, -0.05) is 29.8 Å². The molecule has 1 N–H and O–H groups in total. The van der Waals surface area contributed by atoms with E-state index in [1.165, 1.54) is 30.6 Å². The first kappa shape index (κ1) is 16.8. The highest BCUT2D eigenvalue weighted by atomic mass is 79.9. The summed E-state index contributed by atoms with van der Waals surface area (Å²) in [6.07, 6.45) is 2.62. The van der Waals surface area contributed by atoms with Gasteiger partial charge in [0, 0.05) is 35.3 Å². The fourth-order valence-corrected chi connectivity index (χ4v) is 3.40. The Balaban J connectivity index is 2.22. The molecule has 0 amide bonds. The summed E-state index contributed by atoms with van der Waals surface area (Å²) in [6, 6.07) is 6.69. The van der Waals surface area contributed by atoms with Gasteiger partial charge in [0.1, 0.15) is 0 Å². The van der Waals surface area contributed by atoms with Gasteiger partial charge in [-0.3, -0.25) is 0 Å². The van der Waals surface area contributed by atoms with Crippen LogP contribution in [0.3, 0.4) is 0 Å². The highest BCUT2D eigenvalue weighted by Crippen LogP contribution is 2.34. The zero-order chi connectivity index (χ0) is 15.7. The lowest BCUT2D eigenvalue weighted by Gasteiger charge is -2.40. The van der Waals surface area contributed by atoms with Crippen molar-refractivity contribution in [3.63, 3.8) is 0 Å². The van der Waals surface area contributed by atoms with E-state index >= 15 is 0 Å². The third-order valence-electron chi connectivity index (χ3n) is 4.09. The van der Waals surface area contributed by atoms with Gasteiger partial charge in [-0.15, -0.1) is 0 Å². The summed E-state index contributed by atoms with van der Waals surface area (Å²) < 4.78 is 1.16. The lowest BCUT2D eigenvalue weighted by Crippen LogP contribution is -2.41. The van der Waals surface area contributed by atoms with Crippen LogP contribution >= 0.6 is 15.9 Å². The average Bonchev–Trinajstić information content (AvgIpc) is 2.34. The Morgan fingerprint density at radius 1 is 1.29 bits per heavy atom. The molecule has 3 heteroatoms. The molecule has 0 aliphatic carbocycles. The van der Waals surface area contributed by atoms with Crippen LogP contribution < -0.4 is 10.2 Å². The Bertz CT molecular complexity index is 488. The van der Waals surface area contributed by atoms with E-state index in [0.29, 0.717) is 5.41 Å². The van der Waals surface area contributed by atoms with Gasteiger partial charge in [0.25, 0.3) is 0 Å². The molecule has 21 heavy (non-hydrogen) atoms. The molecule has 1 fully saturated rings. The van der Waals surface area contributed by atoms with E-state index in [1.807, 2.05) is 0 Å². The van der Waals surface area contributed by atoms with Gasteiger partial charge >= 0.3 is 0 Å². The maximum atomic E-state index is 3.62. The van der Waals surface area contributed by atoms with Gasteiger partial charge in [-0.25, -0.2) is 0 Å². The Morgan fingerprint density at radius 2 is 2.00 bits per heavy atom. The van der Waals surface area contributed by atoms with Gasteiger partial charge in [-0.05, 0) is 62.8 Å². The number of hydrogen-bond donors (Lipinski definition) is 1. The molecule has 1 aromatic carbocycles. The molecule has 0 unspecified atom stereocenters. The predicted octanol–water partition coefficient (Wildman–Crippen LogP) is 4.96. The van der Waals surface area contributed by atoms with Crippen LogP contribution in [0.1, 0.15) is 53.0 Å². The number of benzene rings is 1. The number of anilines is 1. The lowest BCUT2D eigenvalue weighted by molar-refractivity contribution is 0.292. The van der Waals surface area contributed by atoms with Crippen molar-refractivity contribution in [1.29, 1.82) is 0 Å². The van der Waals surface area contributed by atoms with Gasteiger partial charge in [0.05, 0.1) is 0 Å². The van der Waals surface area contributed by atoms with Crippen molar-refractivity contribution in [2.24, 2.45) is 5.41 Å². The summed E-state index contributed by atoms with van der Waals surface area (Å²) in [5.74, 6) is 0. The second kappa shape index (κ2) is 6.29. The summed E-state index contributed by atoms with van der Waals surface area (Å²) in [5, 5.41) is 3.62. The summed E-state index contributed by atoms with van der Waals surface area (Å²) in [7, 11) is 0. The summed E-state index contributed by atoms with van der Waals surface area (Å²) in [5.41, 5.74) is 3.33. The minimum Gasteiger partial charge on any atom is -0.371 e. The lowest BCUT2D eigenvalue weighted by atomic mass is 9.84. The van der Waals surface area contributed by atoms with E-state index in [-0.39, 0.29) is 5.54 Å². The Hall–Kier alpha value is -0.540. The minimum absolute atomic E-state index is 0.140. The van der Waals surface area contributed by atoms with Crippen LogP contribution in [-0.2, 0) is 6.54 Å². The van der Waals surface area contributed by atoms with Crippen LogP contribution in [0, 0.1) is 5.41 Å². The number of piperidine rings is 1. The van der Waals surface area contributed by atoms with Crippen LogP contribution in [0.5, 0.6) is 0 Å². The normalized spacial score (nSPS) is 18.9. The molecule has 2 nitrogen and oxygen atoms in total. The first-order chi connectivity index (χ1) is 9.66. The first-order valence-corrected chi connectivity index (χ1v) is 8.74. The maximum Gasteiger partial charge on any atom is 0.0412 e. The summed E-state index contributed by atoms with van der Waals surface area (Å²) in [6.45, 7) is 14.6. The van der Waals surface area contributed by atoms with Crippen molar-refractivity contribution in [1.82, 2.24) is 5.32 Å². The smallest absolute Gasteiger partial charge is 0.0412 e. The average molecular weight is 353 g/mol. The molecule has 1 aliphatic heterocycles.